The average molecular weight is 319 g/mol. The molecule has 18 heavy (non-hydrogen) atoms. The number of halogens is 2. The van der Waals surface area contributed by atoms with Crippen molar-refractivity contribution in [2.24, 2.45) is 11.8 Å². The zero-order valence-electron chi connectivity index (χ0n) is 11.4. The second-order valence-corrected chi connectivity index (χ2v) is 8.14. The fraction of sp³-hybridized carbons (Fsp3) is 0.400. The van der Waals surface area contributed by atoms with E-state index in [0.29, 0.717) is 11.8 Å². The van der Waals surface area contributed by atoms with E-state index in [2.05, 4.69) is 56.8 Å². The van der Waals surface area contributed by atoms with Gasteiger partial charge in [0, 0.05) is 0 Å². The first-order valence-corrected chi connectivity index (χ1v) is 8.66. The number of rotatable bonds is 2. The molecule has 3 heteroatoms. The monoisotopic (exact) mass is 318 g/mol. The molecule has 0 aromatic carbocycles. The van der Waals surface area contributed by atoms with E-state index >= 15 is 0 Å². The smallest absolute Gasteiger partial charge is 1.00 e. The Morgan fingerprint density at radius 1 is 0.889 bits per heavy atom. The Morgan fingerprint density at radius 3 is 1.44 bits per heavy atom. The van der Waals surface area contributed by atoms with Crippen molar-refractivity contribution in [3.8, 4) is 0 Å². The van der Waals surface area contributed by atoms with Gasteiger partial charge in [-0.3, -0.25) is 0 Å². The molecule has 2 aliphatic carbocycles. The van der Waals surface area contributed by atoms with E-state index in [-0.39, 0.29) is 24.8 Å². The predicted octanol–water partition coefficient (Wildman–Crippen LogP) is -2.00. The molecule has 0 nitrogen and oxygen atoms in total. The summed E-state index contributed by atoms with van der Waals surface area (Å²) in [6.45, 7) is 9.11. The summed E-state index contributed by atoms with van der Waals surface area (Å²) >= 11 is -1.45. The molecule has 2 atom stereocenters. The molecule has 0 aromatic heterocycles. The Balaban J connectivity index is 0.00000144. The van der Waals surface area contributed by atoms with Crippen molar-refractivity contribution in [1.29, 1.82) is 0 Å². The maximum Gasteiger partial charge on any atom is -1.00 e. The molecule has 2 aliphatic rings. The molecule has 0 aromatic rings. The van der Waals surface area contributed by atoms with E-state index in [1.54, 1.807) is 7.76 Å². The van der Waals surface area contributed by atoms with Crippen LogP contribution in [0.25, 0.3) is 0 Å². The Morgan fingerprint density at radius 2 is 1.22 bits per heavy atom. The average Bonchev–Trinajstić information content (AvgIpc) is 2.71. The molecule has 0 aliphatic heterocycles. The third kappa shape index (κ3) is 3.17. The number of hydrogen-bond donors (Lipinski definition) is 0. The van der Waals surface area contributed by atoms with Gasteiger partial charge in [-0.25, -0.2) is 0 Å². The van der Waals surface area contributed by atoms with Gasteiger partial charge in [0.25, 0.3) is 0 Å². The van der Waals surface area contributed by atoms with Crippen LogP contribution in [0.2, 0.25) is 0 Å². The number of hydrogen-bond acceptors (Lipinski definition) is 0. The third-order valence-electron chi connectivity index (χ3n) is 3.68. The SMILES string of the molecule is [CH2]=[Ti+2]([C]1=C(C)C=CC1C)[C]1=C(C)C=CC1C.[Cl-].[Cl-]. The summed E-state index contributed by atoms with van der Waals surface area (Å²) in [5, 5.41) is 0. The molecular weight excluding hydrogens is 299 g/mol. The Hall–Kier alpha value is 0.124. The van der Waals surface area contributed by atoms with Crippen LogP contribution in [0.4, 0.5) is 0 Å². The Bertz CT molecular complexity index is 425. The summed E-state index contributed by atoms with van der Waals surface area (Å²) in [4.78, 5) is 4.57. The molecule has 0 N–H and O–H groups in total. The minimum Gasteiger partial charge on any atom is -1.00 e. The third-order valence-corrected chi connectivity index (χ3v) is 8.36. The first-order valence-electron chi connectivity index (χ1n) is 6.00. The van der Waals surface area contributed by atoms with E-state index in [4.69, 9.17) is 0 Å². The van der Waals surface area contributed by atoms with Crippen molar-refractivity contribution >= 4 is 4.82 Å². The standard InChI is InChI=1S/2C7H9.CH2.2ClH.Ti/c2*1-6-3-4-7(2)5-6;;;;/h2*3-4,6H,1-2H3;1H2;2*1H;/q;;;;;+2/p-2. The van der Waals surface area contributed by atoms with Gasteiger partial charge < -0.3 is 24.8 Å². The van der Waals surface area contributed by atoms with Crippen LogP contribution >= 0.6 is 0 Å². The number of allylic oxidation sites excluding steroid dienone is 8. The van der Waals surface area contributed by atoms with Gasteiger partial charge in [-0.05, 0) is 0 Å². The quantitative estimate of drug-likeness (QED) is 0.517. The molecular formula is C15H20Cl2Ti. The van der Waals surface area contributed by atoms with Gasteiger partial charge >= 0.3 is 105 Å². The van der Waals surface area contributed by atoms with Crippen molar-refractivity contribution < 1.29 is 42.2 Å². The van der Waals surface area contributed by atoms with Gasteiger partial charge in [-0.1, -0.05) is 0 Å². The summed E-state index contributed by atoms with van der Waals surface area (Å²) in [5.41, 5.74) is 2.97. The molecule has 0 heterocycles. The van der Waals surface area contributed by atoms with Crippen molar-refractivity contribution in [1.82, 2.24) is 0 Å². The molecule has 98 valence electrons. The largest absolute Gasteiger partial charge is 1.00 e. The molecule has 0 saturated heterocycles. The van der Waals surface area contributed by atoms with Crippen LogP contribution in [-0.2, 0) is 17.4 Å². The second kappa shape index (κ2) is 7.05. The molecule has 0 amide bonds. The summed E-state index contributed by atoms with van der Waals surface area (Å²) in [6.07, 6.45) is 9.21. The first kappa shape index (κ1) is 18.1. The van der Waals surface area contributed by atoms with E-state index in [1.165, 1.54) is 11.1 Å². The minimum atomic E-state index is -1.45. The van der Waals surface area contributed by atoms with Crippen LogP contribution in [-0.4, -0.2) is 4.82 Å². The van der Waals surface area contributed by atoms with E-state index in [9.17, 15) is 0 Å². The normalized spacial score (nSPS) is 24.8. The Kier molecular flexibility index (Phi) is 7.10. The van der Waals surface area contributed by atoms with Crippen LogP contribution in [0.1, 0.15) is 27.7 Å². The second-order valence-electron chi connectivity index (χ2n) is 4.97. The van der Waals surface area contributed by atoms with Gasteiger partial charge in [-0.15, -0.1) is 0 Å². The molecule has 0 bridgehead atoms. The van der Waals surface area contributed by atoms with Crippen LogP contribution in [0.3, 0.4) is 0 Å². The van der Waals surface area contributed by atoms with E-state index < -0.39 is 17.4 Å². The summed E-state index contributed by atoms with van der Waals surface area (Å²) in [7, 11) is 0. The van der Waals surface area contributed by atoms with Crippen LogP contribution in [0.15, 0.2) is 43.2 Å². The van der Waals surface area contributed by atoms with Gasteiger partial charge in [0.2, 0.25) is 0 Å². The maximum atomic E-state index is 4.57. The van der Waals surface area contributed by atoms with E-state index in [0.717, 1.165) is 0 Å². The van der Waals surface area contributed by atoms with Crippen LogP contribution in [0, 0.1) is 11.8 Å². The van der Waals surface area contributed by atoms with E-state index in [1.807, 2.05) is 0 Å². The van der Waals surface area contributed by atoms with Gasteiger partial charge in [0.1, 0.15) is 0 Å². The molecule has 0 radical (unpaired) electrons. The summed E-state index contributed by atoms with van der Waals surface area (Å²) < 4.78 is 3.34. The van der Waals surface area contributed by atoms with Crippen LogP contribution in [0.5, 0.6) is 0 Å². The molecule has 2 unspecified atom stereocenters. The fourth-order valence-corrected chi connectivity index (χ4v) is 7.06. The zero-order valence-corrected chi connectivity index (χ0v) is 14.5. The van der Waals surface area contributed by atoms with Crippen molar-refractivity contribution in [3.63, 3.8) is 0 Å². The van der Waals surface area contributed by atoms with Crippen LogP contribution < -0.4 is 24.8 Å². The maximum absolute atomic E-state index is 4.57. The van der Waals surface area contributed by atoms with Crippen molar-refractivity contribution in [2.75, 3.05) is 0 Å². The molecule has 0 fully saturated rings. The zero-order chi connectivity index (χ0) is 11.9. The van der Waals surface area contributed by atoms with Crippen molar-refractivity contribution in [3.05, 3.63) is 43.2 Å². The summed E-state index contributed by atoms with van der Waals surface area (Å²) in [5.74, 6) is 1.25. The summed E-state index contributed by atoms with van der Waals surface area (Å²) in [6, 6.07) is 0. The predicted molar refractivity (Wildman–Crippen MR) is 69.1 cm³/mol. The first-order chi connectivity index (χ1) is 7.52. The van der Waals surface area contributed by atoms with Gasteiger partial charge in [-0.2, -0.15) is 0 Å². The Labute approximate surface area is 129 Å². The van der Waals surface area contributed by atoms with Gasteiger partial charge in [0.15, 0.2) is 0 Å². The van der Waals surface area contributed by atoms with Crippen molar-refractivity contribution in [2.45, 2.75) is 27.7 Å². The van der Waals surface area contributed by atoms with Gasteiger partial charge in [0.05, 0.1) is 0 Å². The molecule has 0 saturated carbocycles. The minimum absolute atomic E-state index is 0. The molecule has 0 spiro atoms. The molecule has 2 rings (SSSR count). The topological polar surface area (TPSA) is 0 Å². The fourth-order valence-electron chi connectivity index (χ4n) is 2.84.